The molecular weight excluding hydrogens is 244 g/mol. The molecule has 0 aliphatic heterocycles. The van der Waals surface area contributed by atoms with Gasteiger partial charge in [-0.3, -0.25) is 4.79 Å². The van der Waals surface area contributed by atoms with E-state index in [0.717, 1.165) is 12.8 Å². The monoisotopic (exact) mass is 274 g/mol. The molecule has 0 aromatic rings. The highest BCUT2D eigenvalue weighted by atomic mass is 16.5. The van der Waals surface area contributed by atoms with E-state index >= 15 is 0 Å². The van der Waals surface area contributed by atoms with Gasteiger partial charge in [0.15, 0.2) is 0 Å². The second kappa shape index (κ2) is 11.2. The molecule has 114 valence electrons. The van der Waals surface area contributed by atoms with Crippen molar-refractivity contribution in [1.82, 2.24) is 10.6 Å². The van der Waals surface area contributed by atoms with Crippen molar-refractivity contribution in [3.05, 3.63) is 0 Å². The molecule has 2 atom stereocenters. The van der Waals surface area contributed by atoms with Crippen LogP contribution in [0.3, 0.4) is 0 Å². The van der Waals surface area contributed by atoms with Crippen LogP contribution in [0.1, 0.15) is 40.5 Å². The Morgan fingerprint density at radius 1 is 1.32 bits per heavy atom. The average Bonchev–Trinajstić information content (AvgIpc) is 2.35. The van der Waals surface area contributed by atoms with Crippen LogP contribution in [0.25, 0.3) is 0 Å². The van der Waals surface area contributed by atoms with Crippen molar-refractivity contribution >= 4 is 5.91 Å². The molecule has 5 nitrogen and oxygen atoms in total. The number of ether oxygens (including phenoxy) is 1. The zero-order valence-electron chi connectivity index (χ0n) is 12.7. The minimum Gasteiger partial charge on any atom is -0.389 e. The Hall–Kier alpha value is -0.650. The number of hydrogen-bond donors (Lipinski definition) is 3. The first-order valence-corrected chi connectivity index (χ1v) is 7.24. The minimum atomic E-state index is -0.573. The molecule has 0 saturated heterocycles. The summed E-state index contributed by atoms with van der Waals surface area (Å²) in [4.78, 5) is 11.4. The second-order valence-electron chi connectivity index (χ2n) is 5.29. The highest BCUT2D eigenvalue weighted by Crippen LogP contribution is 2.03. The quantitative estimate of drug-likeness (QED) is 0.490. The highest BCUT2D eigenvalue weighted by molar-refractivity contribution is 5.81. The van der Waals surface area contributed by atoms with E-state index in [2.05, 4.69) is 24.5 Å². The van der Waals surface area contributed by atoms with Gasteiger partial charge in [0.1, 0.15) is 0 Å². The predicted octanol–water partition coefficient (Wildman–Crippen LogP) is 0.914. The standard InChI is InChI=1S/C14H30N2O3/c1-5-15-14(18)12(4)16-9-13(17)10-19-8-6-7-11(2)3/h11-13,16-17H,5-10H2,1-4H3,(H,15,18). The zero-order chi connectivity index (χ0) is 14.7. The molecule has 0 heterocycles. The molecule has 5 heteroatoms. The van der Waals surface area contributed by atoms with Crippen molar-refractivity contribution in [2.75, 3.05) is 26.3 Å². The van der Waals surface area contributed by atoms with Crippen LogP contribution < -0.4 is 10.6 Å². The van der Waals surface area contributed by atoms with E-state index in [9.17, 15) is 9.90 Å². The topological polar surface area (TPSA) is 70.6 Å². The van der Waals surface area contributed by atoms with Gasteiger partial charge in [-0.1, -0.05) is 13.8 Å². The fourth-order valence-electron chi connectivity index (χ4n) is 1.60. The van der Waals surface area contributed by atoms with Crippen LogP contribution in [-0.2, 0) is 9.53 Å². The summed E-state index contributed by atoms with van der Waals surface area (Å²) in [6.45, 7) is 10.00. The van der Waals surface area contributed by atoms with Crippen molar-refractivity contribution in [3.63, 3.8) is 0 Å². The van der Waals surface area contributed by atoms with E-state index in [1.807, 2.05) is 6.92 Å². The molecule has 0 rings (SSSR count). The molecule has 3 N–H and O–H groups in total. The van der Waals surface area contributed by atoms with Gasteiger partial charge in [0.25, 0.3) is 0 Å². The van der Waals surface area contributed by atoms with Gasteiger partial charge in [0.2, 0.25) is 5.91 Å². The number of carbonyl (C=O) groups excluding carboxylic acids is 1. The first-order valence-electron chi connectivity index (χ1n) is 7.24. The summed E-state index contributed by atoms with van der Waals surface area (Å²) in [7, 11) is 0. The molecule has 0 aliphatic carbocycles. The fraction of sp³-hybridized carbons (Fsp3) is 0.929. The Morgan fingerprint density at radius 2 is 2.00 bits per heavy atom. The normalized spacial score (nSPS) is 14.4. The van der Waals surface area contributed by atoms with Gasteiger partial charge >= 0.3 is 0 Å². The summed E-state index contributed by atoms with van der Waals surface area (Å²) in [5, 5.41) is 15.4. The average molecular weight is 274 g/mol. The Morgan fingerprint density at radius 3 is 2.58 bits per heavy atom. The van der Waals surface area contributed by atoms with Crippen molar-refractivity contribution in [2.45, 2.75) is 52.7 Å². The van der Waals surface area contributed by atoms with Crippen molar-refractivity contribution in [3.8, 4) is 0 Å². The molecule has 0 spiro atoms. The third-order valence-corrected chi connectivity index (χ3v) is 2.78. The van der Waals surface area contributed by atoms with E-state index in [1.54, 1.807) is 6.92 Å². The van der Waals surface area contributed by atoms with Gasteiger partial charge < -0.3 is 20.5 Å². The summed E-state index contributed by atoms with van der Waals surface area (Å²) in [6.07, 6.45) is 1.59. The number of rotatable bonds is 11. The minimum absolute atomic E-state index is 0.0486. The third kappa shape index (κ3) is 10.9. The Kier molecular flexibility index (Phi) is 10.8. The Bertz CT molecular complexity index is 235. The van der Waals surface area contributed by atoms with Crippen LogP contribution >= 0.6 is 0 Å². The van der Waals surface area contributed by atoms with E-state index in [1.165, 1.54) is 0 Å². The lowest BCUT2D eigenvalue weighted by Gasteiger charge is -2.16. The first-order chi connectivity index (χ1) is 8.97. The van der Waals surface area contributed by atoms with E-state index in [-0.39, 0.29) is 11.9 Å². The molecule has 0 aliphatic rings. The molecule has 2 unspecified atom stereocenters. The summed E-state index contributed by atoms with van der Waals surface area (Å²) in [5.74, 6) is 0.640. The maximum absolute atomic E-state index is 11.4. The Balaban J connectivity index is 3.53. The maximum atomic E-state index is 11.4. The molecule has 0 saturated carbocycles. The second-order valence-corrected chi connectivity index (χ2v) is 5.29. The smallest absolute Gasteiger partial charge is 0.236 e. The molecule has 1 amide bonds. The van der Waals surface area contributed by atoms with E-state index < -0.39 is 6.10 Å². The van der Waals surface area contributed by atoms with Crippen molar-refractivity contribution in [1.29, 1.82) is 0 Å². The summed E-state index contributed by atoms with van der Waals surface area (Å²) >= 11 is 0. The molecule has 19 heavy (non-hydrogen) atoms. The first kappa shape index (κ1) is 18.4. The largest absolute Gasteiger partial charge is 0.389 e. The SMILES string of the molecule is CCNC(=O)C(C)NCC(O)COCCCC(C)C. The van der Waals surface area contributed by atoms with Crippen LogP contribution in [-0.4, -0.2) is 49.5 Å². The number of carbonyl (C=O) groups is 1. The van der Waals surface area contributed by atoms with Crippen LogP contribution in [0.5, 0.6) is 0 Å². The number of aliphatic hydroxyl groups excluding tert-OH is 1. The van der Waals surface area contributed by atoms with Crippen LogP contribution in [0.2, 0.25) is 0 Å². The summed E-state index contributed by atoms with van der Waals surface area (Å²) in [5.41, 5.74) is 0. The Labute approximate surface area is 117 Å². The van der Waals surface area contributed by atoms with Crippen LogP contribution in [0.15, 0.2) is 0 Å². The number of hydrogen-bond acceptors (Lipinski definition) is 4. The third-order valence-electron chi connectivity index (χ3n) is 2.78. The molecule has 0 aromatic heterocycles. The van der Waals surface area contributed by atoms with Crippen LogP contribution in [0.4, 0.5) is 0 Å². The number of amides is 1. The van der Waals surface area contributed by atoms with E-state index in [4.69, 9.17) is 4.74 Å². The number of likely N-dealkylation sites (N-methyl/N-ethyl adjacent to an activating group) is 1. The van der Waals surface area contributed by atoms with Gasteiger partial charge in [-0.15, -0.1) is 0 Å². The van der Waals surface area contributed by atoms with Crippen molar-refractivity contribution in [2.24, 2.45) is 5.92 Å². The molecule has 0 fully saturated rings. The number of aliphatic hydroxyl groups is 1. The summed E-state index contributed by atoms with van der Waals surface area (Å²) < 4.78 is 5.40. The van der Waals surface area contributed by atoms with Crippen LogP contribution in [0, 0.1) is 5.92 Å². The fourth-order valence-corrected chi connectivity index (χ4v) is 1.60. The zero-order valence-corrected chi connectivity index (χ0v) is 12.7. The predicted molar refractivity (Wildman–Crippen MR) is 77.0 cm³/mol. The molecular formula is C14H30N2O3. The van der Waals surface area contributed by atoms with Gasteiger partial charge in [-0.05, 0) is 32.6 Å². The summed E-state index contributed by atoms with van der Waals surface area (Å²) in [6, 6.07) is -0.296. The van der Waals surface area contributed by atoms with Gasteiger partial charge in [0.05, 0.1) is 18.8 Å². The van der Waals surface area contributed by atoms with E-state index in [0.29, 0.717) is 32.2 Å². The lowest BCUT2D eigenvalue weighted by atomic mass is 10.1. The molecule has 0 aromatic carbocycles. The lowest BCUT2D eigenvalue weighted by Crippen LogP contribution is -2.45. The number of nitrogens with one attached hydrogen (secondary N) is 2. The lowest BCUT2D eigenvalue weighted by molar-refractivity contribution is -0.122. The highest BCUT2D eigenvalue weighted by Gasteiger charge is 2.13. The van der Waals surface area contributed by atoms with Gasteiger partial charge in [-0.25, -0.2) is 0 Å². The van der Waals surface area contributed by atoms with Gasteiger partial charge in [-0.2, -0.15) is 0 Å². The molecule has 0 radical (unpaired) electrons. The molecule has 0 bridgehead atoms. The maximum Gasteiger partial charge on any atom is 0.236 e. The van der Waals surface area contributed by atoms with Crippen molar-refractivity contribution < 1.29 is 14.6 Å². The van der Waals surface area contributed by atoms with Gasteiger partial charge in [0, 0.05) is 19.7 Å².